The van der Waals surface area contributed by atoms with Crippen molar-refractivity contribution in [3.05, 3.63) is 32.0 Å². The van der Waals surface area contributed by atoms with Gasteiger partial charge in [-0.05, 0) is 13.8 Å². The number of carbonyl (C=O) groups excluding carboxylic acids is 3. The van der Waals surface area contributed by atoms with E-state index in [0.717, 1.165) is 0 Å². The van der Waals surface area contributed by atoms with Gasteiger partial charge in [0.25, 0.3) is 5.91 Å². The molecule has 1 saturated carbocycles. The number of hydrogen-bond acceptors (Lipinski definition) is 7. The first-order chi connectivity index (χ1) is 15.2. The molecule has 2 amide bonds. The minimum absolute atomic E-state index is 0.0209. The molecule has 4 rings (SSSR count). The summed E-state index contributed by atoms with van der Waals surface area (Å²) in [6, 6.07) is 0.0482. The molecule has 1 aliphatic heterocycles. The molecule has 3 N–H and O–H groups in total. The lowest BCUT2D eigenvalue weighted by Crippen LogP contribution is -2.35. The summed E-state index contributed by atoms with van der Waals surface area (Å²) < 4.78 is 4.86. The summed E-state index contributed by atoms with van der Waals surface area (Å²) in [7, 11) is 1.31. The molecule has 3 heterocycles. The number of thiazole rings is 1. The fraction of sp³-hybridized carbons (Fsp3) is 0.500. The van der Waals surface area contributed by atoms with Crippen molar-refractivity contribution in [1.29, 1.82) is 0 Å². The van der Waals surface area contributed by atoms with Gasteiger partial charge < -0.3 is 25.3 Å². The van der Waals surface area contributed by atoms with Gasteiger partial charge in [-0.15, -0.1) is 0 Å². The van der Waals surface area contributed by atoms with Gasteiger partial charge in [-0.1, -0.05) is 34.5 Å². The third kappa shape index (κ3) is 4.18. The van der Waals surface area contributed by atoms with E-state index in [1.165, 1.54) is 18.4 Å². The van der Waals surface area contributed by atoms with Crippen LogP contribution in [0.2, 0.25) is 10.0 Å². The number of nitrogens with one attached hydrogen (secondary N) is 3. The number of halogens is 2. The second-order valence-electron chi connectivity index (χ2n) is 7.88. The molecular weight excluding hydrogens is 477 g/mol. The van der Waals surface area contributed by atoms with Crippen molar-refractivity contribution in [2.45, 2.75) is 26.3 Å². The predicted octanol–water partition coefficient (Wildman–Crippen LogP) is 2.42. The standard InChI is InChI=1S/C20H23Cl2N5O4S/c1-4-23-12(28)5-11-17(19(30)31-3)32-20(25-11)27-6-9-10(7-27)15(9)26-18(29)16-14(22)13(21)8(2)24-16/h9-10,15,24H,4-7H2,1-3H3,(H,23,28)(H,26,29)/t9-,10+,15+. The zero-order valence-corrected chi connectivity index (χ0v) is 20.1. The average molecular weight is 500 g/mol. The highest BCUT2D eigenvalue weighted by Crippen LogP contribution is 2.48. The molecule has 3 atom stereocenters. The number of esters is 1. The molecule has 1 aliphatic carbocycles. The summed E-state index contributed by atoms with van der Waals surface area (Å²) in [4.78, 5) is 46.6. The van der Waals surface area contributed by atoms with Crippen molar-refractivity contribution in [1.82, 2.24) is 20.6 Å². The quantitative estimate of drug-likeness (QED) is 0.503. The molecule has 9 nitrogen and oxygen atoms in total. The number of aromatic nitrogens is 2. The number of nitrogens with zero attached hydrogens (tertiary/aromatic N) is 2. The monoisotopic (exact) mass is 499 g/mol. The summed E-state index contributed by atoms with van der Waals surface area (Å²) in [5, 5.41) is 7.00. The molecule has 2 aromatic rings. The number of ether oxygens (including phenoxy) is 1. The van der Waals surface area contributed by atoms with Crippen LogP contribution in [0, 0.1) is 18.8 Å². The molecule has 2 aliphatic rings. The Hall–Kier alpha value is -2.30. The number of aromatic amines is 1. The van der Waals surface area contributed by atoms with Crippen LogP contribution in [0.25, 0.3) is 0 Å². The third-order valence-electron chi connectivity index (χ3n) is 5.80. The van der Waals surface area contributed by atoms with Crippen LogP contribution >= 0.6 is 34.5 Å². The SMILES string of the molecule is CCNC(=O)Cc1nc(N2C[C@@H]3[C@H](C2)[C@H]3NC(=O)c2[nH]c(C)c(Cl)c2Cl)sc1C(=O)OC. The fourth-order valence-electron chi connectivity index (χ4n) is 4.11. The van der Waals surface area contributed by atoms with Gasteiger partial charge in [0.05, 0.1) is 29.3 Å². The second-order valence-corrected chi connectivity index (χ2v) is 9.61. The molecule has 2 fully saturated rings. The number of methoxy groups -OCH3 is 1. The van der Waals surface area contributed by atoms with Crippen molar-refractivity contribution < 1.29 is 19.1 Å². The largest absolute Gasteiger partial charge is 0.465 e. The molecular formula is C20H23Cl2N5O4S. The zero-order chi connectivity index (χ0) is 23.2. The molecule has 0 bridgehead atoms. The lowest BCUT2D eigenvalue weighted by Gasteiger charge is -2.19. The number of aryl methyl sites for hydroxylation is 1. The highest BCUT2D eigenvalue weighted by atomic mass is 35.5. The summed E-state index contributed by atoms with van der Waals surface area (Å²) in [5.74, 6) is -0.412. The molecule has 0 spiro atoms. The van der Waals surface area contributed by atoms with Gasteiger partial charge in [0.15, 0.2) is 5.13 Å². The van der Waals surface area contributed by atoms with E-state index in [-0.39, 0.29) is 46.8 Å². The van der Waals surface area contributed by atoms with Gasteiger partial charge in [-0.3, -0.25) is 9.59 Å². The highest BCUT2D eigenvalue weighted by Gasteiger charge is 2.57. The zero-order valence-electron chi connectivity index (χ0n) is 17.8. The minimum Gasteiger partial charge on any atom is -0.465 e. The number of carbonyl (C=O) groups is 3. The van der Waals surface area contributed by atoms with Crippen LogP contribution < -0.4 is 15.5 Å². The molecule has 0 radical (unpaired) electrons. The van der Waals surface area contributed by atoms with Crippen LogP contribution in [0.3, 0.4) is 0 Å². The Morgan fingerprint density at radius 3 is 2.50 bits per heavy atom. The minimum atomic E-state index is -0.501. The predicted molar refractivity (Wildman–Crippen MR) is 122 cm³/mol. The fourth-order valence-corrected chi connectivity index (χ4v) is 5.54. The Labute approximate surface area is 198 Å². The molecule has 32 heavy (non-hydrogen) atoms. The average Bonchev–Trinajstić information content (AvgIpc) is 3.13. The molecule has 0 unspecified atom stereocenters. The first-order valence-electron chi connectivity index (χ1n) is 10.2. The Bertz CT molecular complexity index is 1070. The second kappa shape index (κ2) is 8.92. The third-order valence-corrected chi connectivity index (χ3v) is 7.89. The van der Waals surface area contributed by atoms with E-state index in [1.807, 2.05) is 6.92 Å². The maximum absolute atomic E-state index is 12.6. The van der Waals surface area contributed by atoms with Crippen molar-refractivity contribution in [2.24, 2.45) is 11.8 Å². The van der Waals surface area contributed by atoms with Gasteiger partial charge >= 0.3 is 5.97 Å². The van der Waals surface area contributed by atoms with Gasteiger partial charge in [0.1, 0.15) is 10.6 Å². The van der Waals surface area contributed by atoms with Crippen LogP contribution in [0.5, 0.6) is 0 Å². The number of anilines is 1. The van der Waals surface area contributed by atoms with E-state index in [0.29, 0.717) is 46.1 Å². The number of H-pyrrole nitrogens is 1. The first-order valence-corrected chi connectivity index (χ1v) is 11.8. The Morgan fingerprint density at radius 2 is 1.94 bits per heavy atom. The molecule has 172 valence electrons. The van der Waals surface area contributed by atoms with Crippen LogP contribution in [-0.2, 0) is 16.0 Å². The van der Waals surface area contributed by atoms with Gasteiger partial charge in [0.2, 0.25) is 5.91 Å². The van der Waals surface area contributed by atoms with Gasteiger partial charge in [-0.25, -0.2) is 9.78 Å². The van der Waals surface area contributed by atoms with Crippen LogP contribution in [0.4, 0.5) is 5.13 Å². The molecule has 0 aromatic carbocycles. The summed E-state index contributed by atoms with van der Waals surface area (Å²) in [5.41, 5.74) is 1.34. The van der Waals surface area contributed by atoms with Crippen LogP contribution in [0.15, 0.2) is 0 Å². The van der Waals surface area contributed by atoms with Crippen molar-refractivity contribution in [3.63, 3.8) is 0 Å². The normalized spacial score (nSPS) is 21.3. The Balaban J connectivity index is 1.40. The lowest BCUT2D eigenvalue weighted by molar-refractivity contribution is -0.120. The maximum Gasteiger partial charge on any atom is 0.350 e. The number of likely N-dealkylation sites (N-methyl/N-ethyl adjacent to an activating group) is 1. The molecule has 1 saturated heterocycles. The molecule has 12 heteroatoms. The van der Waals surface area contributed by atoms with E-state index in [4.69, 9.17) is 27.9 Å². The van der Waals surface area contributed by atoms with E-state index < -0.39 is 5.97 Å². The first kappa shape index (κ1) is 22.9. The smallest absolute Gasteiger partial charge is 0.350 e. The summed E-state index contributed by atoms with van der Waals surface area (Å²) >= 11 is 13.4. The Morgan fingerprint density at radius 1 is 1.25 bits per heavy atom. The van der Waals surface area contributed by atoms with Crippen molar-refractivity contribution in [2.75, 3.05) is 31.6 Å². The number of rotatable bonds is 7. The number of hydrogen-bond donors (Lipinski definition) is 3. The highest BCUT2D eigenvalue weighted by molar-refractivity contribution is 7.17. The van der Waals surface area contributed by atoms with Gasteiger partial charge in [0, 0.05) is 43.2 Å². The Kier molecular flexibility index (Phi) is 6.37. The van der Waals surface area contributed by atoms with E-state index in [9.17, 15) is 14.4 Å². The van der Waals surface area contributed by atoms with E-state index in [2.05, 4.69) is 25.5 Å². The number of amides is 2. The van der Waals surface area contributed by atoms with Crippen molar-refractivity contribution >= 4 is 57.5 Å². The topological polar surface area (TPSA) is 116 Å². The summed E-state index contributed by atoms with van der Waals surface area (Å²) in [6.07, 6.45) is 0.0209. The lowest BCUT2D eigenvalue weighted by atomic mass is 10.2. The maximum atomic E-state index is 12.6. The van der Waals surface area contributed by atoms with E-state index in [1.54, 1.807) is 6.92 Å². The number of piperidine rings is 1. The van der Waals surface area contributed by atoms with Gasteiger partial charge in [-0.2, -0.15) is 0 Å². The number of fused-ring (bicyclic) bond motifs is 1. The van der Waals surface area contributed by atoms with Crippen molar-refractivity contribution in [3.8, 4) is 0 Å². The molecule has 2 aromatic heterocycles. The summed E-state index contributed by atoms with van der Waals surface area (Å²) in [6.45, 7) is 5.49. The van der Waals surface area contributed by atoms with Crippen LogP contribution in [0.1, 0.15) is 38.5 Å². The van der Waals surface area contributed by atoms with Crippen LogP contribution in [-0.4, -0.2) is 60.5 Å². The van der Waals surface area contributed by atoms with E-state index >= 15 is 0 Å².